The molecule has 9 heteroatoms. The summed E-state index contributed by atoms with van der Waals surface area (Å²) >= 11 is 0. The molecular formula is C12H13N5O4. The van der Waals surface area contributed by atoms with Gasteiger partial charge in [0.15, 0.2) is 0 Å². The third kappa shape index (κ3) is 3.47. The molecule has 1 aromatic carbocycles. The number of rotatable bonds is 4. The zero-order chi connectivity index (χ0) is 15.2. The molecule has 3 N–H and O–H groups in total. The molecule has 0 aliphatic rings. The molecule has 0 saturated heterocycles. The highest BCUT2D eigenvalue weighted by atomic mass is 16.5. The third-order valence-corrected chi connectivity index (χ3v) is 2.51. The highest BCUT2D eigenvalue weighted by Gasteiger charge is 2.17. The van der Waals surface area contributed by atoms with Gasteiger partial charge in [-0.15, -0.1) is 0 Å². The third-order valence-electron chi connectivity index (χ3n) is 2.51. The van der Waals surface area contributed by atoms with E-state index in [-0.39, 0.29) is 5.95 Å². The Labute approximate surface area is 119 Å². The number of hydrogen-bond acceptors (Lipinski definition) is 6. The van der Waals surface area contributed by atoms with Gasteiger partial charge in [-0.3, -0.25) is 14.9 Å². The smallest absolute Gasteiger partial charge is 0.316 e. The number of methoxy groups -OCH3 is 2. The zero-order valence-electron chi connectivity index (χ0n) is 11.3. The number of amides is 2. The first-order valence-electron chi connectivity index (χ1n) is 5.83. The van der Waals surface area contributed by atoms with Crippen molar-refractivity contribution in [2.45, 2.75) is 0 Å². The lowest BCUT2D eigenvalue weighted by atomic mass is 10.2. The van der Waals surface area contributed by atoms with Crippen molar-refractivity contribution in [3.05, 3.63) is 24.5 Å². The average Bonchev–Trinajstić information content (AvgIpc) is 2.99. The van der Waals surface area contributed by atoms with Gasteiger partial charge in [-0.2, -0.15) is 10.1 Å². The minimum absolute atomic E-state index is 0.0766. The van der Waals surface area contributed by atoms with Crippen LogP contribution in [-0.4, -0.2) is 41.2 Å². The zero-order valence-corrected chi connectivity index (χ0v) is 11.3. The van der Waals surface area contributed by atoms with Crippen LogP contribution >= 0.6 is 0 Å². The summed E-state index contributed by atoms with van der Waals surface area (Å²) in [6.45, 7) is 0. The van der Waals surface area contributed by atoms with Gasteiger partial charge in [-0.05, 0) is 12.1 Å². The second-order valence-corrected chi connectivity index (χ2v) is 3.81. The molecule has 0 bridgehead atoms. The second-order valence-electron chi connectivity index (χ2n) is 3.81. The number of nitrogens with one attached hydrogen (secondary N) is 3. The maximum atomic E-state index is 11.8. The largest absolute Gasteiger partial charge is 0.497 e. The van der Waals surface area contributed by atoms with E-state index >= 15 is 0 Å². The van der Waals surface area contributed by atoms with Gasteiger partial charge in [-0.25, -0.2) is 5.10 Å². The monoisotopic (exact) mass is 291 g/mol. The van der Waals surface area contributed by atoms with E-state index in [1.54, 1.807) is 18.2 Å². The van der Waals surface area contributed by atoms with Crippen LogP contribution in [0.15, 0.2) is 24.5 Å². The van der Waals surface area contributed by atoms with Crippen LogP contribution in [0.25, 0.3) is 0 Å². The van der Waals surface area contributed by atoms with Gasteiger partial charge in [0.2, 0.25) is 5.95 Å². The fourth-order valence-electron chi connectivity index (χ4n) is 1.52. The van der Waals surface area contributed by atoms with Crippen molar-refractivity contribution >= 4 is 23.5 Å². The van der Waals surface area contributed by atoms with Crippen molar-refractivity contribution < 1.29 is 19.1 Å². The van der Waals surface area contributed by atoms with E-state index in [2.05, 4.69) is 25.8 Å². The quantitative estimate of drug-likeness (QED) is 0.702. The van der Waals surface area contributed by atoms with Gasteiger partial charge < -0.3 is 14.8 Å². The SMILES string of the molecule is COc1ccc(OC)c(NC(=O)C(=O)Nc2ncn[nH]2)c1. The van der Waals surface area contributed by atoms with Crippen LogP contribution in [0.2, 0.25) is 0 Å². The van der Waals surface area contributed by atoms with E-state index in [0.29, 0.717) is 17.2 Å². The maximum absolute atomic E-state index is 11.8. The molecule has 1 aromatic heterocycles. The number of anilines is 2. The number of benzene rings is 1. The predicted octanol–water partition coefficient (Wildman–Crippen LogP) is 0.399. The average molecular weight is 291 g/mol. The molecule has 0 fully saturated rings. The molecule has 0 aliphatic carbocycles. The van der Waals surface area contributed by atoms with Crippen molar-refractivity contribution in [2.24, 2.45) is 0 Å². The Morgan fingerprint density at radius 1 is 1.14 bits per heavy atom. The van der Waals surface area contributed by atoms with Crippen LogP contribution in [0.3, 0.4) is 0 Å². The van der Waals surface area contributed by atoms with Crippen molar-refractivity contribution in [2.75, 3.05) is 24.9 Å². The Bertz CT molecular complexity index is 641. The van der Waals surface area contributed by atoms with E-state index < -0.39 is 11.8 Å². The molecule has 0 saturated carbocycles. The van der Waals surface area contributed by atoms with Crippen molar-refractivity contribution in [3.8, 4) is 11.5 Å². The molecule has 0 radical (unpaired) electrons. The van der Waals surface area contributed by atoms with Crippen LogP contribution in [0.1, 0.15) is 0 Å². The standard InChI is InChI=1S/C12H13N5O4/c1-20-7-3-4-9(21-2)8(5-7)15-10(18)11(19)16-12-13-6-14-17-12/h3-6H,1-2H3,(H,15,18)(H2,13,14,16,17,19). The van der Waals surface area contributed by atoms with E-state index in [4.69, 9.17) is 9.47 Å². The molecule has 0 unspecified atom stereocenters. The molecule has 2 aromatic rings. The predicted molar refractivity (Wildman–Crippen MR) is 73.2 cm³/mol. The highest BCUT2D eigenvalue weighted by molar-refractivity contribution is 6.43. The Kier molecular flexibility index (Phi) is 4.34. The number of aromatic amines is 1. The Hall–Kier alpha value is -3.10. The minimum Gasteiger partial charge on any atom is -0.497 e. The number of ether oxygens (including phenoxy) is 2. The van der Waals surface area contributed by atoms with Crippen molar-refractivity contribution in [1.82, 2.24) is 15.2 Å². The molecule has 0 atom stereocenters. The van der Waals surface area contributed by atoms with Gasteiger partial charge >= 0.3 is 11.8 Å². The van der Waals surface area contributed by atoms with Gasteiger partial charge in [0.1, 0.15) is 17.8 Å². The molecule has 0 aliphatic heterocycles. The molecule has 2 amide bonds. The number of nitrogens with zero attached hydrogens (tertiary/aromatic N) is 2. The first-order valence-corrected chi connectivity index (χ1v) is 5.83. The summed E-state index contributed by atoms with van der Waals surface area (Å²) in [4.78, 5) is 27.2. The van der Waals surface area contributed by atoms with Crippen LogP contribution in [0.5, 0.6) is 11.5 Å². The molecule has 2 rings (SSSR count). The molecule has 0 spiro atoms. The first-order chi connectivity index (χ1) is 10.1. The van der Waals surface area contributed by atoms with E-state index in [9.17, 15) is 9.59 Å². The Balaban J connectivity index is 2.09. The summed E-state index contributed by atoms with van der Waals surface area (Å²) in [5, 5.41) is 10.6. The Morgan fingerprint density at radius 2 is 1.90 bits per heavy atom. The summed E-state index contributed by atoms with van der Waals surface area (Å²) < 4.78 is 10.2. The molecular weight excluding hydrogens is 278 g/mol. The van der Waals surface area contributed by atoms with Crippen LogP contribution < -0.4 is 20.1 Å². The normalized spacial score (nSPS) is 9.81. The van der Waals surface area contributed by atoms with Crippen molar-refractivity contribution in [3.63, 3.8) is 0 Å². The number of carbonyl (C=O) groups is 2. The number of hydrogen-bond donors (Lipinski definition) is 3. The lowest BCUT2D eigenvalue weighted by Crippen LogP contribution is -2.29. The fourth-order valence-corrected chi connectivity index (χ4v) is 1.52. The summed E-state index contributed by atoms with van der Waals surface area (Å²) in [6, 6.07) is 4.82. The van der Waals surface area contributed by atoms with E-state index in [1.165, 1.54) is 20.5 Å². The molecule has 9 nitrogen and oxygen atoms in total. The van der Waals surface area contributed by atoms with Gasteiger partial charge in [-0.1, -0.05) is 0 Å². The number of H-pyrrole nitrogens is 1. The number of aromatic nitrogens is 3. The first kappa shape index (κ1) is 14.3. The summed E-state index contributed by atoms with van der Waals surface area (Å²) in [6.07, 6.45) is 1.21. The topological polar surface area (TPSA) is 118 Å². The second kappa shape index (κ2) is 6.37. The summed E-state index contributed by atoms with van der Waals surface area (Å²) in [7, 11) is 2.94. The van der Waals surface area contributed by atoms with Gasteiger partial charge in [0.05, 0.1) is 19.9 Å². The van der Waals surface area contributed by atoms with Crippen LogP contribution in [-0.2, 0) is 9.59 Å². The molecule has 21 heavy (non-hydrogen) atoms. The lowest BCUT2D eigenvalue weighted by Gasteiger charge is -2.11. The van der Waals surface area contributed by atoms with E-state index in [1.807, 2.05) is 0 Å². The highest BCUT2D eigenvalue weighted by Crippen LogP contribution is 2.28. The van der Waals surface area contributed by atoms with Gasteiger partial charge in [0.25, 0.3) is 0 Å². The molecule has 110 valence electrons. The molecule has 1 heterocycles. The Morgan fingerprint density at radius 3 is 2.52 bits per heavy atom. The van der Waals surface area contributed by atoms with Crippen LogP contribution in [0, 0.1) is 0 Å². The summed E-state index contributed by atoms with van der Waals surface area (Å²) in [5.74, 6) is -0.777. The summed E-state index contributed by atoms with van der Waals surface area (Å²) in [5.41, 5.74) is 0.314. The van der Waals surface area contributed by atoms with Gasteiger partial charge in [0, 0.05) is 6.07 Å². The lowest BCUT2D eigenvalue weighted by molar-refractivity contribution is -0.133. The fraction of sp³-hybridized carbons (Fsp3) is 0.167. The maximum Gasteiger partial charge on any atom is 0.316 e. The van der Waals surface area contributed by atoms with Crippen LogP contribution in [0.4, 0.5) is 11.6 Å². The van der Waals surface area contributed by atoms with E-state index in [0.717, 1.165) is 0 Å². The minimum atomic E-state index is -0.892. The van der Waals surface area contributed by atoms with Crippen molar-refractivity contribution in [1.29, 1.82) is 0 Å². The number of carbonyl (C=O) groups excluding carboxylic acids is 2.